The predicted molar refractivity (Wildman–Crippen MR) is 126 cm³/mol. The zero-order valence-corrected chi connectivity index (χ0v) is 19.6. The van der Waals surface area contributed by atoms with Crippen LogP contribution in [0.15, 0.2) is 36.4 Å². The summed E-state index contributed by atoms with van der Waals surface area (Å²) in [5, 5.41) is 4.58. The van der Waals surface area contributed by atoms with Gasteiger partial charge in [-0.3, -0.25) is 0 Å². The van der Waals surface area contributed by atoms with Gasteiger partial charge in [0.15, 0.2) is 11.5 Å². The van der Waals surface area contributed by atoms with Gasteiger partial charge in [-0.15, -0.1) is 12.4 Å². The molecule has 0 fully saturated rings. The molecule has 0 saturated carbocycles. The third kappa shape index (κ3) is 9.48. The van der Waals surface area contributed by atoms with Gasteiger partial charge in [-0.05, 0) is 48.4 Å². The molecular formula is C23H32Cl3NO2. The molecule has 3 nitrogen and oxygen atoms in total. The van der Waals surface area contributed by atoms with Crippen molar-refractivity contribution in [2.45, 2.75) is 58.6 Å². The molecular weight excluding hydrogens is 429 g/mol. The minimum atomic E-state index is 0. The standard InChI is InChI=1S/C23H31Cl2NO2.ClH/c1-3-4-5-6-7-8-13-26-16-18-10-12-22(23(15-18)27-2)28-17-19-9-11-20(24)21(25)14-19;/h9-12,14-15,26H,3-8,13,16-17H2,1-2H3;1H. The van der Waals surface area contributed by atoms with Gasteiger partial charge in [0.25, 0.3) is 0 Å². The van der Waals surface area contributed by atoms with Crippen LogP contribution in [-0.4, -0.2) is 13.7 Å². The molecule has 0 spiro atoms. The van der Waals surface area contributed by atoms with Crippen molar-refractivity contribution < 1.29 is 9.47 Å². The average Bonchev–Trinajstić information content (AvgIpc) is 2.71. The van der Waals surface area contributed by atoms with E-state index in [1.807, 2.05) is 24.3 Å². The molecule has 0 bridgehead atoms. The summed E-state index contributed by atoms with van der Waals surface area (Å²) >= 11 is 12.0. The highest BCUT2D eigenvalue weighted by atomic mass is 35.5. The van der Waals surface area contributed by atoms with Crippen LogP contribution >= 0.6 is 35.6 Å². The van der Waals surface area contributed by atoms with Gasteiger partial charge in [0, 0.05) is 6.54 Å². The SMILES string of the molecule is CCCCCCCCNCc1ccc(OCc2ccc(Cl)c(Cl)c2)c(OC)c1.Cl. The topological polar surface area (TPSA) is 30.5 Å². The number of nitrogens with one attached hydrogen (secondary N) is 1. The Bertz CT molecular complexity index is 725. The Morgan fingerprint density at radius 1 is 0.828 bits per heavy atom. The van der Waals surface area contributed by atoms with Gasteiger partial charge in [-0.1, -0.05) is 74.4 Å². The van der Waals surface area contributed by atoms with E-state index in [0.29, 0.717) is 22.4 Å². The number of hydrogen-bond donors (Lipinski definition) is 1. The normalized spacial score (nSPS) is 10.5. The van der Waals surface area contributed by atoms with E-state index in [9.17, 15) is 0 Å². The van der Waals surface area contributed by atoms with E-state index >= 15 is 0 Å². The second-order valence-electron chi connectivity index (χ2n) is 6.97. The predicted octanol–water partition coefficient (Wildman–Crippen LogP) is 7.45. The van der Waals surface area contributed by atoms with E-state index in [1.54, 1.807) is 13.2 Å². The minimum absolute atomic E-state index is 0. The van der Waals surface area contributed by atoms with Crippen molar-refractivity contribution >= 4 is 35.6 Å². The smallest absolute Gasteiger partial charge is 0.161 e. The highest BCUT2D eigenvalue weighted by Gasteiger charge is 2.07. The van der Waals surface area contributed by atoms with Gasteiger partial charge in [0.2, 0.25) is 0 Å². The van der Waals surface area contributed by atoms with Crippen molar-refractivity contribution in [3.05, 3.63) is 57.6 Å². The number of benzene rings is 2. The molecule has 0 aromatic heterocycles. The fourth-order valence-corrected chi connectivity index (χ4v) is 3.32. The molecule has 2 rings (SSSR count). The average molecular weight is 461 g/mol. The first kappa shape index (κ1) is 25.9. The lowest BCUT2D eigenvalue weighted by Gasteiger charge is -2.13. The number of unbranched alkanes of at least 4 members (excludes halogenated alkanes) is 5. The van der Waals surface area contributed by atoms with E-state index in [-0.39, 0.29) is 12.4 Å². The minimum Gasteiger partial charge on any atom is -0.493 e. The summed E-state index contributed by atoms with van der Waals surface area (Å²) in [6, 6.07) is 11.5. The van der Waals surface area contributed by atoms with E-state index in [2.05, 4.69) is 18.3 Å². The first-order chi connectivity index (χ1) is 13.6. The number of rotatable bonds is 13. The van der Waals surface area contributed by atoms with Gasteiger partial charge in [-0.25, -0.2) is 0 Å². The Kier molecular flexibility index (Phi) is 13.2. The summed E-state index contributed by atoms with van der Waals surface area (Å²) in [6.45, 7) is 4.53. The molecule has 2 aromatic rings. The molecule has 0 amide bonds. The van der Waals surface area contributed by atoms with E-state index in [4.69, 9.17) is 32.7 Å². The second kappa shape index (κ2) is 14.8. The van der Waals surface area contributed by atoms with Crippen molar-refractivity contribution in [1.29, 1.82) is 0 Å². The van der Waals surface area contributed by atoms with Crippen molar-refractivity contribution in [3.8, 4) is 11.5 Å². The lowest BCUT2D eigenvalue weighted by molar-refractivity contribution is 0.284. The van der Waals surface area contributed by atoms with Gasteiger partial charge >= 0.3 is 0 Å². The molecule has 2 aromatic carbocycles. The molecule has 0 saturated heterocycles. The molecule has 6 heteroatoms. The highest BCUT2D eigenvalue weighted by Crippen LogP contribution is 2.29. The monoisotopic (exact) mass is 459 g/mol. The summed E-state index contributed by atoms with van der Waals surface area (Å²) in [7, 11) is 1.66. The number of halogens is 3. The van der Waals surface area contributed by atoms with E-state index in [1.165, 1.54) is 44.1 Å². The molecule has 0 radical (unpaired) electrons. The summed E-state index contributed by atoms with van der Waals surface area (Å²) in [5.41, 5.74) is 2.14. The first-order valence-electron chi connectivity index (χ1n) is 10.1. The van der Waals surface area contributed by atoms with Crippen LogP contribution in [0, 0.1) is 0 Å². The third-order valence-corrected chi connectivity index (χ3v) is 5.38. The van der Waals surface area contributed by atoms with Crippen molar-refractivity contribution in [3.63, 3.8) is 0 Å². The molecule has 162 valence electrons. The highest BCUT2D eigenvalue weighted by molar-refractivity contribution is 6.42. The number of methoxy groups -OCH3 is 1. The Labute approximate surface area is 191 Å². The lowest BCUT2D eigenvalue weighted by atomic mass is 10.1. The van der Waals surface area contributed by atoms with Crippen molar-refractivity contribution in [1.82, 2.24) is 5.32 Å². The summed E-state index contributed by atoms with van der Waals surface area (Å²) in [5.74, 6) is 1.45. The van der Waals surface area contributed by atoms with Crippen LogP contribution in [0.4, 0.5) is 0 Å². The molecule has 0 aliphatic heterocycles. The van der Waals surface area contributed by atoms with Crippen LogP contribution in [0.25, 0.3) is 0 Å². The molecule has 29 heavy (non-hydrogen) atoms. The molecule has 0 heterocycles. The maximum Gasteiger partial charge on any atom is 0.161 e. The quantitative estimate of drug-likeness (QED) is 0.315. The molecule has 0 atom stereocenters. The van der Waals surface area contributed by atoms with Gasteiger partial charge in [0.05, 0.1) is 17.2 Å². The Morgan fingerprint density at radius 3 is 2.28 bits per heavy atom. The van der Waals surface area contributed by atoms with Crippen LogP contribution < -0.4 is 14.8 Å². The zero-order valence-electron chi connectivity index (χ0n) is 17.3. The van der Waals surface area contributed by atoms with Crippen LogP contribution in [-0.2, 0) is 13.2 Å². The summed E-state index contributed by atoms with van der Waals surface area (Å²) in [4.78, 5) is 0. The maximum absolute atomic E-state index is 6.06. The van der Waals surface area contributed by atoms with Gasteiger partial charge in [-0.2, -0.15) is 0 Å². The summed E-state index contributed by atoms with van der Waals surface area (Å²) in [6.07, 6.45) is 7.88. The van der Waals surface area contributed by atoms with Crippen molar-refractivity contribution in [2.24, 2.45) is 0 Å². The van der Waals surface area contributed by atoms with Crippen LogP contribution in [0.3, 0.4) is 0 Å². The summed E-state index contributed by atoms with van der Waals surface area (Å²) < 4.78 is 11.4. The van der Waals surface area contributed by atoms with Crippen LogP contribution in [0.1, 0.15) is 56.6 Å². The number of ether oxygens (including phenoxy) is 2. The van der Waals surface area contributed by atoms with Crippen LogP contribution in [0.2, 0.25) is 10.0 Å². The molecule has 0 aliphatic carbocycles. The van der Waals surface area contributed by atoms with Gasteiger partial charge < -0.3 is 14.8 Å². The number of hydrogen-bond acceptors (Lipinski definition) is 3. The van der Waals surface area contributed by atoms with Gasteiger partial charge in [0.1, 0.15) is 6.61 Å². The molecule has 1 N–H and O–H groups in total. The van der Waals surface area contributed by atoms with Crippen LogP contribution in [0.5, 0.6) is 11.5 Å². The molecule has 0 unspecified atom stereocenters. The lowest BCUT2D eigenvalue weighted by Crippen LogP contribution is -2.14. The Balaban J connectivity index is 0.00000420. The maximum atomic E-state index is 6.06. The third-order valence-electron chi connectivity index (χ3n) is 4.64. The van der Waals surface area contributed by atoms with Crippen molar-refractivity contribution in [2.75, 3.05) is 13.7 Å². The Morgan fingerprint density at radius 2 is 1.55 bits per heavy atom. The zero-order chi connectivity index (χ0) is 20.2. The largest absolute Gasteiger partial charge is 0.493 e. The Hall–Kier alpha value is -1.13. The fourth-order valence-electron chi connectivity index (χ4n) is 2.99. The van der Waals surface area contributed by atoms with E-state index in [0.717, 1.165) is 24.4 Å². The second-order valence-corrected chi connectivity index (χ2v) is 7.78. The fraction of sp³-hybridized carbons (Fsp3) is 0.478. The first-order valence-corrected chi connectivity index (χ1v) is 10.8. The van der Waals surface area contributed by atoms with E-state index < -0.39 is 0 Å². The molecule has 0 aliphatic rings.